The predicted octanol–water partition coefficient (Wildman–Crippen LogP) is 5.31. The Bertz CT molecular complexity index is 584. The van der Waals surface area contributed by atoms with Crippen molar-refractivity contribution >= 4 is 45.1 Å². The number of carbonyl (C=O) groups is 1. The molecule has 1 fully saturated rings. The number of hydrogen-bond donors (Lipinski definition) is 1. The number of hydrogen-bond acceptors (Lipinski definition) is 3. The molecule has 120 valence electrons. The summed E-state index contributed by atoms with van der Waals surface area (Å²) in [7, 11) is 1.89. The van der Waals surface area contributed by atoms with E-state index in [9.17, 15) is 4.79 Å². The standard InChI is InChI=1S/C16H18BrCl2NO2/c1-20-16(7-3-2-4-8-16)14(10-17)22-15(21)12-6-5-11(18)9-13(12)19/h5-6,9-10,20H,2-4,7-8H2,1H3/b14-10-. The van der Waals surface area contributed by atoms with Gasteiger partial charge in [0.1, 0.15) is 5.76 Å². The van der Waals surface area contributed by atoms with Crippen molar-refractivity contribution in [3.8, 4) is 0 Å². The highest BCUT2D eigenvalue weighted by molar-refractivity contribution is 9.11. The van der Waals surface area contributed by atoms with E-state index in [1.54, 1.807) is 17.1 Å². The van der Waals surface area contributed by atoms with Gasteiger partial charge in [0.2, 0.25) is 0 Å². The van der Waals surface area contributed by atoms with E-state index in [1.165, 1.54) is 12.5 Å². The first-order valence-corrected chi connectivity index (χ1v) is 8.86. The molecule has 0 saturated heterocycles. The predicted molar refractivity (Wildman–Crippen MR) is 93.8 cm³/mol. The van der Waals surface area contributed by atoms with Gasteiger partial charge in [0.25, 0.3) is 0 Å². The Labute approximate surface area is 149 Å². The van der Waals surface area contributed by atoms with E-state index in [-0.39, 0.29) is 10.6 Å². The number of ether oxygens (including phenoxy) is 1. The minimum absolute atomic E-state index is 0.286. The Morgan fingerprint density at radius 2 is 2.00 bits per heavy atom. The van der Waals surface area contributed by atoms with Gasteiger partial charge in [0.15, 0.2) is 0 Å². The lowest BCUT2D eigenvalue weighted by atomic mass is 9.80. The van der Waals surface area contributed by atoms with E-state index in [4.69, 9.17) is 27.9 Å². The number of rotatable bonds is 4. The van der Waals surface area contributed by atoms with Crippen LogP contribution < -0.4 is 5.32 Å². The van der Waals surface area contributed by atoms with Crippen LogP contribution in [0.2, 0.25) is 10.0 Å². The summed E-state index contributed by atoms with van der Waals surface area (Å²) in [5.41, 5.74) is -0.00368. The molecule has 0 spiro atoms. The normalized spacial score (nSPS) is 18.1. The Balaban J connectivity index is 2.21. The van der Waals surface area contributed by atoms with E-state index >= 15 is 0 Å². The summed E-state index contributed by atoms with van der Waals surface area (Å²) in [5, 5.41) is 4.09. The van der Waals surface area contributed by atoms with Crippen molar-refractivity contribution in [1.29, 1.82) is 0 Å². The molecule has 0 heterocycles. The number of esters is 1. The van der Waals surface area contributed by atoms with Gasteiger partial charge < -0.3 is 10.1 Å². The topological polar surface area (TPSA) is 38.3 Å². The van der Waals surface area contributed by atoms with E-state index in [1.807, 2.05) is 7.05 Å². The largest absolute Gasteiger partial charge is 0.425 e. The maximum absolute atomic E-state index is 12.4. The third kappa shape index (κ3) is 3.85. The minimum atomic E-state index is -0.479. The highest BCUT2D eigenvalue weighted by Crippen LogP contribution is 2.36. The fraction of sp³-hybridized carbons (Fsp3) is 0.438. The van der Waals surface area contributed by atoms with Crippen LogP contribution in [-0.2, 0) is 4.74 Å². The maximum atomic E-state index is 12.4. The molecule has 1 saturated carbocycles. The van der Waals surface area contributed by atoms with Crippen LogP contribution in [0.15, 0.2) is 28.9 Å². The van der Waals surface area contributed by atoms with Crippen molar-refractivity contribution in [2.24, 2.45) is 0 Å². The van der Waals surface area contributed by atoms with Crippen molar-refractivity contribution in [3.63, 3.8) is 0 Å². The highest BCUT2D eigenvalue weighted by atomic mass is 79.9. The Morgan fingerprint density at radius 1 is 1.32 bits per heavy atom. The molecule has 0 aromatic heterocycles. The van der Waals surface area contributed by atoms with Crippen LogP contribution >= 0.6 is 39.1 Å². The van der Waals surface area contributed by atoms with Gasteiger partial charge in [0, 0.05) is 10.0 Å². The highest BCUT2D eigenvalue weighted by Gasteiger charge is 2.37. The van der Waals surface area contributed by atoms with Crippen molar-refractivity contribution in [2.45, 2.75) is 37.6 Å². The lowest BCUT2D eigenvalue weighted by molar-refractivity contribution is 0.0535. The van der Waals surface area contributed by atoms with Crippen molar-refractivity contribution in [3.05, 3.63) is 44.6 Å². The van der Waals surface area contributed by atoms with Crippen LogP contribution in [0.1, 0.15) is 42.5 Å². The monoisotopic (exact) mass is 405 g/mol. The molecule has 0 bridgehead atoms. The minimum Gasteiger partial charge on any atom is -0.425 e. The molecule has 6 heteroatoms. The number of halogens is 3. The van der Waals surface area contributed by atoms with Gasteiger partial charge in [-0.2, -0.15) is 0 Å². The van der Waals surface area contributed by atoms with E-state index in [0.29, 0.717) is 16.3 Å². The van der Waals surface area contributed by atoms with E-state index in [2.05, 4.69) is 21.2 Å². The second-order valence-corrected chi connectivity index (χ2v) is 6.68. The van der Waals surface area contributed by atoms with Crippen molar-refractivity contribution in [2.75, 3.05) is 7.05 Å². The van der Waals surface area contributed by atoms with Gasteiger partial charge in [-0.3, -0.25) is 0 Å². The van der Waals surface area contributed by atoms with E-state index in [0.717, 1.165) is 25.7 Å². The molecule has 1 N–H and O–H groups in total. The van der Waals surface area contributed by atoms with Gasteiger partial charge >= 0.3 is 5.97 Å². The fourth-order valence-corrected chi connectivity index (χ4v) is 3.83. The zero-order valence-electron chi connectivity index (χ0n) is 12.3. The quantitative estimate of drug-likeness (QED) is 0.543. The molecular weight excluding hydrogens is 389 g/mol. The lowest BCUT2D eigenvalue weighted by Gasteiger charge is -2.37. The molecular formula is C16H18BrCl2NO2. The summed E-state index contributed by atoms with van der Waals surface area (Å²) in [6, 6.07) is 4.73. The van der Waals surface area contributed by atoms with Gasteiger partial charge in [-0.25, -0.2) is 4.79 Å². The number of likely N-dealkylation sites (N-methyl/N-ethyl adjacent to an activating group) is 1. The first-order valence-electron chi connectivity index (χ1n) is 7.19. The Hall–Kier alpha value is -0.550. The number of benzene rings is 1. The fourth-order valence-electron chi connectivity index (χ4n) is 2.81. The molecule has 2 rings (SSSR count). The molecule has 22 heavy (non-hydrogen) atoms. The van der Waals surface area contributed by atoms with Crippen molar-refractivity contribution < 1.29 is 9.53 Å². The van der Waals surface area contributed by atoms with Crippen LogP contribution in [0.25, 0.3) is 0 Å². The zero-order valence-corrected chi connectivity index (χ0v) is 15.4. The average Bonchev–Trinajstić information content (AvgIpc) is 2.53. The molecule has 0 atom stereocenters. The second kappa shape index (κ2) is 7.82. The summed E-state index contributed by atoms with van der Waals surface area (Å²) in [5.74, 6) is 0.110. The molecule has 1 aromatic carbocycles. The van der Waals surface area contributed by atoms with Gasteiger partial charge in [0.05, 0.1) is 16.1 Å². The van der Waals surface area contributed by atoms with Crippen LogP contribution in [0, 0.1) is 0 Å². The molecule has 1 aromatic rings. The first kappa shape index (κ1) is 17.8. The van der Waals surface area contributed by atoms with Crippen LogP contribution in [0.3, 0.4) is 0 Å². The first-order chi connectivity index (χ1) is 10.5. The molecule has 0 radical (unpaired) electrons. The molecule has 0 aliphatic heterocycles. The molecule has 1 aliphatic rings. The van der Waals surface area contributed by atoms with E-state index < -0.39 is 5.97 Å². The van der Waals surface area contributed by atoms with Gasteiger partial charge in [-0.1, -0.05) is 58.4 Å². The number of carbonyl (C=O) groups excluding carboxylic acids is 1. The molecule has 1 aliphatic carbocycles. The Kier molecular flexibility index (Phi) is 6.33. The maximum Gasteiger partial charge on any atom is 0.344 e. The molecule has 3 nitrogen and oxygen atoms in total. The summed E-state index contributed by atoms with van der Waals surface area (Å²) < 4.78 is 5.63. The van der Waals surface area contributed by atoms with Crippen LogP contribution in [-0.4, -0.2) is 18.6 Å². The third-order valence-corrected chi connectivity index (χ3v) is 5.07. The van der Waals surface area contributed by atoms with Crippen LogP contribution in [0.5, 0.6) is 0 Å². The summed E-state index contributed by atoms with van der Waals surface area (Å²) in [4.78, 5) is 14.1. The zero-order chi connectivity index (χ0) is 16.2. The lowest BCUT2D eigenvalue weighted by Crippen LogP contribution is -2.47. The second-order valence-electron chi connectivity index (χ2n) is 5.38. The summed E-state index contributed by atoms with van der Waals surface area (Å²) >= 11 is 15.3. The summed E-state index contributed by atoms with van der Waals surface area (Å²) in [6.07, 6.45) is 5.27. The van der Waals surface area contributed by atoms with Gasteiger partial charge in [-0.15, -0.1) is 0 Å². The van der Waals surface area contributed by atoms with Crippen molar-refractivity contribution in [1.82, 2.24) is 5.32 Å². The average molecular weight is 407 g/mol. The smallest absolute Gasteiger partial charge is 0.344 e. The third-order valence-electron chi connectivity index (χ3n) is 4.11. The SMILES string of the molecule is CNC1(/C(=C/Br)OC(=O)c2ccc(Cl)cc2Cl)CCCCC1. The number of nitrogens with one attached hydrogen (secondary N) is 1. The summed E-state index contributed by atoms with van der Waals surface area (Å²) in [6.45, 7) is 0. The Morgan fingerprint density at radius 3 is 2.55 bits per heavy atom. The van der Waals surface area contributed by atoms with Crippen LogP contribution in [0.4, 0.5) is 0 Å². The molecule has 0 amide bonds. The van der Waals surface area contributed by atoms with Gasteiger partial charge in [-0.05, 0) is 38.1 Å². The molecule has 0 unspecified atom stereocenters.